The number of aryl methyl sites for hydroxylation is 2. The largest absolute Gasteiger partial charge is 0.322 e. The van der Waals surface area contributed by atoms with E-state index in [2.05, 4.69) is 52.4 Å². The summed E-state index contributed by atoms with van der Waals surface area (Å²) in [6.07, 6.45) is 2.07. The highest BCUT2D eigenvalue weighted by molar-refractivity contribution is 9.10. The maximum absolute atomic E-state index is 12.7. The summed E-state index contributed by atoms with van der Waals surface area (Å²) in [5.74, 6) is 0. The number of halogens is 1. The van der Waals surface area contributed by atoms with Crippen molar-refractivity contribution in [2.45, 2.75) is 32.7 Å². The zero-order valence-corrected chi connectivity index (χ0v) is 15.1. The first-order valence-electron chi connectivity index (χ1n) is 7.95. The molecule has 0 aliphatic carbocycles. The molecule has 0 bridgehead atoms. The molecule has 1 aliphatic rings. The number of carbonyl (C=O) groups is 1. The minimum absolute atomic E-state index is 0.0187. The molecule has 0 unspecified atom stereocenters. The second-order valence-corrected chi connectivity index (χ2v) is 7.01. The highest BCUT2D eigenvalue weighted by Gasteiger charge is 2.29. The molecule has 0 aromatic heterocycles. The Morgan fingerprint density at radius 1 is 1.17 bits per heavy atom. The van der Waals surface area contributed by atoms with Crippen LogP contribution in [0.3, 0.4) is 0 Å². The summed E-state index contributed by atoms with van der Waals surface area (Å²) in [4.78, 5) is 14.6. The van der Waals surface area contributed by atoms with Crippen LogP contribution in [0.5, 0.6) is 0 Å². The molecule has 0 saturated carbocycles. The van der Waals surface area contributed by atoms with Crippen molar-refractivity contribution < 1.29 is 4.79 Å². The second kappa shape index (κ2) is 6.75. The van der Waals surface area contributed by atoms with Gasteiger partial charge in [0.25, 0.3) is 0 Å². The fourth-order valence-corrected chi connectivity index (χ4v) is 3.31. The Morgan fingerprint density at radius 3 is 2.61 bits per heavy atom. The number of carbonyl (C=O) groups excluding carboxylic acids is 1. The van der Waals surface area contributed by atoms with E-state index < -0.39 is 0 Å². The minimum Gasteiger partial charge on any atom is -0.317 e. The van der Waals surface area contributed by atoms with Crippen LogP contribution < -0.4 is 5.32 Å². The van der Waals surface area contributed by atoms with Crippen LogP contribution in [0.15, 0.2) is 46.9 Å². The Labute approximate surface area is 145 Å². The van der Waals surface area contributed by atoms with Crippen LogP contribution in [-0.2, 0) is 0 Å². The van der Waals surface area contributed by atoms with Crippen molar-refractivity contribution in [3.8, 4) is 0 Å². The topological polar surface area (TPSA) is 32.3 Å². The lowest BCUT2D eigenvalue weighted by molar-refractivity contribution is 0.207. The van der Waals surface area contributed by atoms with E-state index in [4.69, 9.17) is 0 Å². The first-order valence-corrected chi connectivity index (χ1v) is 8.74. The van der Waals surface area contributed by atoms with Gasteiger partial charge in [0.05, 0.1) is 6.04 Å². The van der Waals surface area contributed by atoms with Crippen molar-refractivity contribution in [2.75, 3.05) is 11.9 Å². The maximum atomic E-state index is 12.7. The van der Waals surface area contributed by atoms with Crippen molar-refractivity contribution in [3.63, 3.8) is 0 Å². The quantitative estimate of drug-likeness (QED) is 0.748. The fourth-order valence-electron chi connectivity index (χ4n) is 3.06. The third-order valence-corrected chi connectivity index (χ3v) is 5.27. The Kier molecular flexibility index (Phi) is 4.71. The van der Waals surface area contributed by atoms with Gasteiger partial charge in [-0.2, -0.15) is 0 Å². The number of nitrogens with one attached hydrogen (secondary N) is 1. The molecule has 1 aliphatic heterocycles. The summed E-state index contributed by atoms with van der Waals surface area (Å²) in [6.45, 7) is 4.91. The summed E-state index contributed by atoms with van der Waals surface area (Å²) in [6, 6.07) is 14.5. The lowest BCUT2D eigenvalue weighted by Crippen LogP contribution is -2.34. The van der Waals surface area contributed by atoms with E-state index in [0.717, 1.165) is 35.1 Å². The highest BCUT2D eigenvalue weighted by Crippen LogP contribution is 2.32. The van der Waals surface area contributed by atoms with E-state index in [1.54, 1.807) is 0 Å². The molecular formula is C19H21BrN2O. The number of amides is 2. The molecule has 1 N–H and O–H groups in total. The molecule has 1 saturated heterocycles. The number of benzene rings is 2. The van der Waals surface area contributed by atoms with Gasteiger partial charge in [-0.05, 0) is 56.0 Å². The number of rotatable bonds is 2. The summed E-state index contributed by atoms with van der Waals surface area (Å²) >= 11 is 3.48. The van der Waals surface area contributed by atoms with E-state index in [0.29, 0.717) is 0 Å². The van der Waals surface area contributed by atoms with Crippen molar-refractivity contribution in [1.29, 1.82) is 0 Å². The van der Waals surface area contributed by atoms with Gasteiger partial charge in [-0.15, -0.1) is 0 Å². The van der Waals surface area contributed by atoms with Crippen molar-refractivity contribution in [3.05, 3.63) is 63.6 Å². The molecule has 3 rings (SSSR count). The molecule has 23 heavy (non-hydrogen) atoms. The van der Waals surface area contributed by atoms with Gasteiger partial charge in [-0.1, -0.05) is 45.8 Å². The van der Waals surface area contributed by atoms with Crippen LogP contribution >= 0.6 is 15.9 Å². The minimum atomic E-state index is -0.0187. The molecule has 2 aromatic carbocycles. The number of urea groups is 1. The normalized spacial score (nSPS) is 17.3. The summed E-state index contributed by atoms with van der Waals surface area (Å²) in [5.41, 5.74) is 4.41. The number of hydrogen-bond donors (Lipinski definition) is 1. The molecule has 0 radical (unpaired) electrons. The van der Waals surface area contributed by atoms with Crippen molar-refractivity contribution in [1.82, 2.24) is 4.90 Å². The Hall–Kier alpha value is -1.81. The van der Waals surface area contributed by atoms with Crippen molar-refractivity contribution >= 4 is 27.6 Å². The molecule has 3 nitrogen and oxygen atoms in total. The lowest BCUT2D eigenvalue weighted by Gasteiger charge is -2.25. The second-order valence-electron chi connectivity index (χ2n) is 6.16. The summed E-state index contributed by atoms with van der Waals surface area (Å²) in [5, 5.41) is 3.03. The van der Waals surface area contributed by atoms with Gasteiger partial charge >= 0.3 is 6.03 Å². The third kappa shape index (κ3) is 3.58. The van der Waals surface area contributed by atoms with Crippen LogP contribution in [0.2, 0.25) is 0 Å². The van der Waals surface area contributed by atoms with Crippen LogP contribution in [0.1, 0.15) is 35.6 Å². The molecule has 120 valence electrons. The monoisotopic (exact) mass is 372 g/mol. The molecule has 1 heterocycles. The van der Waals surface area contributed by atoms with Crippen LogP contribution in [0.25, 0.3) is 0 Å². The standard InChI is InChI=1S/C19H21BrN2O/c1-13-5-7-15(8-6-13)18-4-3-11-22(18)19(23)21-16-9-10-17(20)14(2)12-16/h5-10,12,18H,3-4,11H2,1-2H3,(H,21,23)/t18-/m0/s1. The van der Waals surface area contributed by atoms with E-state index in [1.165, 1.54) is 11.1 Å². The van der Waals surface area contributed by atoms with E-state index in [1.807, 2.05) is 30.0 Å². The van der Waals surface area contributed by atoms with Crippen LogP contribution in [0.4, 0.5) is 10.5 Å². The number of likely N-dealkylation sites (tertiary alicyclic amines) is 1. The van der Waals surface area contributed by atoms with Gasteiger partial charge in [0.15, 0.2) is 0 Å². The summed E-state index contributed by atoms with van der Waals surface area (Å²) < 4.78 is 1.05. The van der Waals surface area contributed by atoms with Gasteiger partial charge in [0.1, 0.15) is 0 Å². The molecule has 2 amide bonds. The van der Waals surface area contributed by atoms with Gasteiger partial charge in [-0.25, -0.2) is 4.79 Å². The zero-order valence-electron chi connectivity index (χ0n) is 13.5. The predicted molar refractivity (Wildman–Crippen MR) is 97.8 cm³/mol. The van der Waals surface area contributed by atoms with Gasteiger partial charge < -0.3 is 10.2 Å². The smallest absolute Gasteiger partial charge is 0.317 e. The lowest BCUT2D eigenvalue weighted by atomic mass is 10.0. The third-order valence-electron chi connectivity index (χ3n) is 4.39. The zero-order chi connectivity index (χ0) is 16.4. The van der Waals surface area contributed by atoms with Gasteiger partial charge in [-0.3, -0.25) is 0 Å². The maximum Gasteiger partial charge on any atom is 0.322 e. The molecular weight excluding hydrogens is 352 g/mol. The molecule has 1 atom stereocenters. The van der Waals surface area contributed by atoms with Gasteiger partial charge in [0, 0.05) is 16.7 Å². The molecule has 0 spiro atoms. The Morgan fingerprint density at radius 2 is 1.91 bits per heavy atom. The number of hydrogen-bond acceptors (Lipinski definition) is 1. The molecule has 2 aromatic rings. The van der Waals surface area contributed by atoms with Crippen LogP contribution in [0, 0.1) is 13.8 Å². The van der Waals surface area contributed by atoms with E-state index in [9.17, 15) is 4.79 Å². The number of anilines is 1. The van der Waals surface area contributed by atoms with Crippen LogP contribution in [-0.4, -0.2) is 17.5 Å². The van der Waals surface area contributed by atoms with E-state index in [-0.39, 0.29) is 12.1 Å². The summed E-state index contributed by atoms with van der Waals surface area (Å²) in [7, 11) is 0. The van der Waals surface area contributed by atoms with Crippen molar-refractivity contribution in [2.24, 2.45) is 0 Å². The Balaban J connectivity index is 1.75. The first-order chi connectivity index (χ1) is 11.0. The average Bonchev–Trinajstić information content (AvgIpc) is 3.01. The van der Waals surface area contributed by atoms with Gasteiger partial charge in [0.2, 0.25) is 0 Å². The molecule has 1 fully saturated rings. The SMILES string of the molecule is Cc1ccc([C@@H]2CCCN2C(=O)Nc2ccc(Br)c(C)c2)cc1. The average molecular weight is 373 g/mol. The number of nitrogens with zero attached hydrogens (tertiary/aromatic N) is 1. The first kappa shape index (κ1) is 16.1. The molecule has 4 heteroatoms. The van der Waals surface area contributed by atoms with E-state index >= 15 is 0 Å². The predicted octanol–water partition coefficient (Wildman–Crippen LogP) is 5.43. The highest BCUT2D eigenvalue weighted by atomic mass is 79.9. The fraction of sp³-hybridized carbons (Fsp3) is 0.316. The Bertz CT molecular complexity index is 712.